The number of fused-ring (bicyclic) bond motifs is 2. The zero-order valence-corrected chi connectivity index (χ0v) is 19.1. The molecule has 10 heteroatoms. The van der Waals surface area contributed by atoms with E-state index in [1.165, 1.54) is 6.07 Å². The fraction of sp³-hybridized carbons (Fsp3) is 0.176. The molecule has 0 atom stereocenters. The van der Waals surface area contributed by atoms with Gasteiger partial charge < -0.3 is 30.0 Å². The molecule has 2 aromatic heterocycles. The second-order valence-corrected chi connectivity index (χ2v) is 5.52. The topological polar surface area (TPSA) is 149 Å². The molecule has 0 aliphatic rings. The van der Waals surface area contributed by atoms with Gasteiger partial charge in [0.1, 0.15) is 11.6 Å². The van der Waals surface area contributed by atoms with Crippen molar-refractivity contribution in [1.29, 1.82) is 0 Å². The molecular formula is C17H12N2Na2O6. The first-order chi connectivity index (χ1) is 11.8. The van der Waals surface area contributed by atoms with Crippen LogP contribution in [-0.4, -0.2) is 16.9 Å². The van der Waals surface area contributed by atoms with Crippen LogP contribution in [0.4, 0.5) is 5.69 Å². The smallest absolute Gasteiger partial charge is 0.543 e. The number of aromatic nitrogens is 1. The third kappa shape index (κ3) is 4.37. The minimum Gasteiger partial charge on any atom is -0.543 e. The number of nitrogens with zero attached hydrogens (tertiary/aromatic N) is 1. The third-order valence-electron chi connectivity index (χ3n) is 3.83. The van der Waals surface area contributed by atoms with Gasteiger partial charge in [0.15, 0.2) is 11.2 Å². The van der Waals surface area contributed by atoms with Crippen LogP contribution in [-0.2, 0) is 6.42 Å². The molecule has 0 saturated heterocycles. The average molecular weight is 386 g/mol. The fourth-order valence-corrected chi connectivity index (χ4v) is 2.76. The van der Waals surface area contributed by atoms with Gasteiger partial charge in [0.05, 0.1) is 22.6 Å². The van der Waals surface area contributed by atoms with Crippen LogP contribution in [0.1, 0.15) is 40.0 Å². The number of nitrogen functional groups attached to an aromatic ring is 1. The third-order valence-corrected chi connectivity index (χ3v) is 3.83. The van der Waals surface area contributed by atoms with Crippen LogP contribution in [0.5, 0.6) is 0 Å². The number of carbonyl (C=O) groups excluding carboxylic acids is 2. The number of pyridine rings is 1. The van der Waals surface area contributed by atoms with Crippen LogP contribution in [0.15, 0.2) is 27.4 Å². The monoisotopic (exact) mass is 386 g/mol. The standard InChI is InChI=1S/C17H14N2O6.2Na/c1-2-3-7-14-8(10(18)5-11(19-14)16(21)22)4-9-12(20)6-13(17(23)24)25-15(7)9;;/h4-6H,2-3H2,1H3,(H2,18,19)(H,21,22)(H,23,24);;/q;2*+1/p-2. The number of aryl methyl sites for hydroxylation is 1. The minimum atomic E-state index is -1.63. The maximum Gasteiger partial charge on any atom is 1.00 e. The largest absolute Gasteiger partial charge is 1.00 e. The summed E-state index contributed by atoms with van der Waals surface area (Å²) >= 11 is 0. The molecule has 0 spiro atoms. The summed E-state index contributed by atoms with van der Waals surface area (Å²) in [5.74, 6) is -3.74. The summed E-state index contributed by atoms with van der Waals surface area (Å²) in [6, 6.07) is 3.39. The van der Waals surface area contributed by atoms with Gasteiger partial charge in [-0.15, -0.1) is 0 Å². The second-order valence-electron chi connectivity index (χ2n) is 5.52. The maximum absolute atomic E-state index is 12.3. The van der Waals surface area contributed by atoms with Gasteiger partial charge in [-0.25, -0.2) is 4.98 Å². The van der Waals surface area contributed by atoms with Gasteiger partial charge in [0, 0.05) is 22.7 Å². The molecule has 0 radical (unpaired) electrons. The number of nitrogens with two attached hydrogens (primary N) is 1. The van der Waals surface area contributed by atoms with Gasteiger partial charge in [0.25, 0.3) is 0 Å². The van der Waals surface area contributed by atoms with Crippen LogP contribution in [0.2, 0.25) is 0 Å². The summed E-state index contributed by atoms with van der Waals surface area (Å²) in [6.45, 7) is 1.86. The molecule has 27 heavy (non-hydrogen) atoms. The number of aromatic carboxylic acids is 2. The van der Waals surface area contributed by atoms with E-state index in [0.29, 0.717) is 23.8 Å². The normalized spacial score (nSPS) is 10.3. The van der Waals surface area contributed by atoms with Crippen molar-refractivity contribution in [3.8, 4) is 0 Å². The Bertz CT molecular complexity index is 1110. The van der Waals surface area contributed by atoms with Crippen LogP contribution in [0, 0.1) is 0 Å². The molecule has 0 aliphatic heterocycles. The SMILES string of the molecule is CCCc1c2nc(C(=O)[O-])cc(N)c2cc2c(=O)cc(C(=O)[O-])oc12.[Na+].[Na+]. The number of carboxylic acids is 2. The fourth-order valence-electron chi connectivity index (χ4n) is 2.76. The first kappa shape index (κ1) is 23.6. The van der Waals surface area contributed by atoms with Crippen molar-refractivity contribution in [2.45, 2.75) is 19.8 Å². The van der Waals surface area contributed by atoms with E-state index < -0.39 is 23.1 Å². The molecule has 0 fully saturated rings. The quantitative estimate of drug-likeness (QED) is 0.344. The molecule has 0 saturated carbocycles. The summed E-state index contributed by atoms with van der Waals surface area (Å²) in [5, 5.41) is 22.7. The van der Waals surface area contributed by atoms with Crippen LogP contribution >= 0.6 is 0 Å². The summed E-state index contributed by atoms with van der Waals surface area (Å²) < 4.78 is 5.33. The Hall–Kier alpha value is -1.42. The molecule has 0 aliphatic carbocycles. The van der Waals surface area contributed by atoms with Gasteiger partial charge in [-0.2, -0.15) is 0 Å². The van der Waals surface area contributed by atoms with E-state index in [9.17, 15) is 24.6 Å². The van der Waals surface area contributed by atoms with Gasteiger partial charge >= 0.3 is 59.1 Å². The van der Waals surface area contributed by atoms with Gasteiger partial charge in [-0.1, -0.05) is 13.3 Å². The zero-order chi connectivity index (χ0) is 18.3. The number of hydrogen-bond donors (Lipinski definition) is 1. The Labute approximate surface area is 197 Å². The first-order valence-corrected chi connectivity index (χ1v) is 7.46. The summed E-state index contributed by atoms with van der Waals surface area (Å²) in [7, 11) is 0. The maximum atomic E-state index is 12.3. The predicted molar refractivity (Wildman–Crippen MR) is 84.9 cm³/mol. The van der Waals surface area contributed by atoms with Crippen molar-refractivity contribution < 1.29 is 83.3 Å². The first-order valence-electron chi connectivity index (χ1n) is 7.46. The Kier molecular flexibility index (Phi) is 8.03. The minimum absolute atomic E-state index is 0. The number of hydrogen-bond acceptors (Lipinski definition) is 8. The van der Waals surface area contributed by atoms with Gasteiger partial charge in [-0.05, 0) is 18.6 Å². The van der Waals surface area contributed by atoms with Crippen molar-refractivity contribution in [2.24, 2.45) is 0 Å². The van der Waals surface area contributed by atoms with Crippen LogP contribution in [0.25, 0.3) is 21.9 Å². The summed E-state index contributed by atoms with van der Waals surface area (Å²) in [5.41, 5.74) is 5.77. The van der Waals surface area contributed by atoms with Gasteiger partial charge in [0.2, 0.25) is 0 Å². The van der Waals surface area contributed by atoms with E-state index >= 15 is 0 Å². The molecule has 8 nitrogen and oxygen atoms in total. The number of anilines is 1. The zero-order valence-electron chi connectivity index (χ0n) is 15.1. The number of carbonyl (C=O) groups is 2. The van der Waals surface area contributed by atoms with E-state index in [2.05, 4.69) is 4.98 Å². The van der Waals surface area contributed by atoms with E-state index in [-0.39, 0.29) is 87.0 Å². The Balaban J connectivity index is 0.00000182. The summed E-state index contributed by atoms with van der Waals surface area (Å²) in [6.07, 6.45) is 0.987. The van der Waals surface area contributed by atoms with Crippen molar-refractivity contribution in [1.82, 2.24) is 4.98 Å². The van der Waals surface area contributed by atoms with Crippen molar-refractivity contribution in [2.75, 3.05) is 5.73 Å². The van der Waals surface area contributed by atoms with Crippen molar-refractivity contribution in [3.05, 3.63) is 45.4 Å². The predicted octanol–water partition coefficient (Wildman–Crippen LogP) is -6.39. The molecule has 1 aromatic carbocycles. The molecule has 0 bridgehead atoms. The van der Waals surface area contributed by atoms with Gasteiger partial charge in [-0.3, -0.25) is 4.79 Å². The van der Waals surface area contributed by atoms with Crippen molar-refractivity contribution in [3.63, 3.8) is 0 Å². The number of benzene rings is 1. The van der Waals surface area contributed by atoms with Crippen LogP contribution in [0.3, 0.4) is 0 Å². The van der Waals surface area contributed by atoms with E-state index in [0.717, 1.165) is 12.1 Å². The molecular weight excluding hydrogens is 374 g/mol. The van der Waals surface area contributed by atoms with Crippen LogP contribution < -0.4 is 80.5 Å². The van der Waals surface area contributed by atoms with E-state index in [4.69, 9.17) is 10.2 Å². The number of carboxylic acid groups (broad SMARTS) is 2. The molecule has 2 heterocycles. The Morgan fingerprint density at radius 3 is 2.33 bits per heavy atom. The Morgan fingerprint density at radius 1 is 1.11 bits per heavy atom. The van der Waals surface area contributed by atoms with Crippen molar-refractivity contribution >= 4 is 39.5 Å². The molecule has 3 aromatic rings. The van der Waals surface area contributed by atoms with E-state index in [1.54, 1.807) is 0 Å². The van der Waals surface area contributed by atoms with E-state index in [1.807, 2.05) is 6.92 Å². The molecule has 3 rings (SSSR count). The molecule has 0 unspecified atom stereocenters. The average Bonchev–Trinajstić information content (AvgIpc) is 2.55. The summed E-state index contributed by atoms with van der Waals surface area (Å²) in [4.78, 5) is 38.5. The molecule has 0 amide bonds. The molecule has 2 N–H and O–H groups in total. The number of rotatable bonds is 4. The Morgan fingerprint density at radius 2 is 1.78 bits per heavy atom. The second kappa shape index (κ2) is 9.18. The molecule has 128 valence electrons.